The number of benzene rings is 3. The Morgan fingerprint density at radius 2 is 1.24 bits per heavy atom. The number of β-lactam (4-membered cyclic amide) rings is 1. The van der Waals surface area contributed by atoms with Crippen molar-refractivity contribution in [3.05, 3.63) is 99.5 Å². The van der Waals surface area contributed by atoms with Crippen LogP contribution in [0.4, 0.5) is 0 Å². The molecule has 4 nitrogen and oxygen atoms in total. The summed E-state index contributed by atoms with van der Waals surface area (Å²) in [6, 6.07) is 21.1. The maximum Gasteiger partial charge on any atom is 0.267 e. The second kappa shape index (κ2) is 7.43. The van der Waals surface area contributed by atoms with Crippen LogP contribution < -0.4 is 0 Å². The van der Waals surface area contributed by atoms with Crippen LogP contribution in [0.15, 0.2) is 82.2 Å². The Bertz CT molecular complexity index is 1150. The van der Waals surface area contributed by atoms with Crippen LogP contribution in [-0.4, -0.2) is 18.6 Å². The summed E-state index contributed by atoms with van der Waals surface area (Å²) in [5, 5.41) is 0. The molecule has 0 bridgehead atoms. The number of amides is 1. The number of rotatable bonds is 4. The standard InChI is InChI=1S/C23H20BrNO3S/c1-15-3-7-17(8-4-15)21-22(18-9-11-19(24)12-10-18)25(23(21)26)29(27,28)20-13-5-16(2)6-14-20/h3-14,21-22H,1-2H3/t21-,22-/m0/s1. The molecule has 0 N–H and O–H groups in total. The van der Waals surface area contributed by atoms with E-state index in [9.17, 15) is 13.2 Å². The Hall–Kier alpha value is -2.44. The fraction of sp³-hybridized carbons (Fsp3) is 0.174. The third-order valence-corrected chi connectivity index (χ3v) is 7.60. The van der Waals surface area contributed by atoms with Crippen molar-refractivity contribution in [1.29, 1.82) is 0 Å². The van der Waals surface area contributed by atoms with Crippen molar-refractivity contribution in [1.82, 2.24) is 4.31 Å². The first-order valence-corrected chi connectivity index (χ1v) is 11.5. The summed E-state index contributed by atoms with van der Waals surface area (Å²) in [7, 11) is -3.95. The normalized spacial score (nSPS) is 19.1. The van der Waals surface area contributed by atoms with Gasteiger partial charge in [0.15, 0.2) is 0 Å². The lowest BCUT2D eigenvalue weighted by molar-refractivity contribution is -0.141. The predicted octanol–water partition coefficient (Wildman–Crippen LogP) is 5.12. The topological polar surface area (TPSA) is 54.5 Å². The molecule has 0 saturated carbocycles. The largest absolute Gasteiger partial charge is 0.273 e. The molecule has 1 saturated heterocycles. The van der Waals surface area contributed by atoms with Gasteiger partial charge in [-0.25, -0.2) is 12.7 Å². The van der Waals surface area contributed by atoms with Crippen LogP contribution >= 0.6 is 15.9 Å². The van der Waals surface area contributed by atoms with E-state index in [1.807, 2.05) is 62.4 Å². The van der Waals surface area contributed by atoms with E-state index in [4.69, 9.17) is 0 Å². The van der Waals surface area contributed by atoms with Gasteiger partial charge in [-0.1, -0.05) is 75.6 Å². The van der Waals surface area contributed by atoms with Crippen LogP contribution in [0, 0.1) is 13.8 Å². The van der Waals surface area contributed by atoms with Crippen LogP contribution in [0.1, 0.15) is 34.2 Å². The molecule has 6 heteroatoms. The molecule has 148 valence electrons. The molecule has 3 aromatic rings. The van der Waals surface area contributed by atoms with Gasteiger partial charge >= 0.3 is 0 Å². The van der Waals surface area contributed by atoms with E-state index in [1.165, 1.54) is 0 Å². The van der Waals surface area contributed by atoms with Crippen molar-refractivity contribution in [3.63, 3.8) is 0 Å². The smallest absolute Gasteiger partial charge is 0.267 e. The van der Waals surface area contributed by atoms with E-state index in [1.54, 1.807) is 24.3 Å². The summed E-state index contributed by atoms with van der Waals surface area (Å²) >= 11 is 3.41. The number of hydrogen-bond acceptors (Lipinski definition) is 3. The Morgan fingerprint density at radius 1 is 0.759 bits per heavy atom. The van der Waals surface area contributed by atoms with Gasteiger partial charge in [0.25, 0.3) is 10.0 Å². The number of nitrogens with zero attached hydrogens (tertiary/aromatic N) is 1. The molecule has 0 aliphatic carbocycles. The van der Waals surface area contributed by atoms with E-state index < -0.39 is 27.9 Å². The molecule has 0 radical (unpaired) electrons. The number of halogens is 1. The highest BCUT2D eigenvalue weighted by Gasteiger charge is 2.54. The molecule has 3 aromatic carbocycles. The second-order valence-corrected chi connectivity index (χ2v) is 10.1. The van der Waals surface area contributed by atoms with E-state index >= 15 is 0 Å². The number of carbonyl (C=O) groups excluding carboxylic acids is 1. The summed E-state index contributed by atoms with van der Waals surface area (Å²) in [5.74, 6) is -0.931. The number of sulfonamides is 1. The molecule has 1 amide bonds. The van der Waals surface area contributed by atoms with E-state index in [0.29, 0.717) is 0 Å². The van der Waals surface area contributed by atoms with Gasteiger partial charge in [0.05, 0.1) is 16.9 Å². The van der Waals surface area contributed by atoms with Crippen LogP contribution in [0.2, 0.25) is 0 Å². The van der Waals surface area contributed by atoms with Gasteiger partial charge in [0.1, 0.15) is 0 Å². The van der Waals surface area contributed by atoms with Gasteiger partial charge in [0.2, 0.25) is 5.91 Å². The summed E-state index contributed by atoms with van der Waals surface area (Å²) in [4.78, 5) is 13.2. The SMILES string of the molecule is Cc1ccc([C@@H]2C(=O)N(S(=O)(=O)c3ccc(C)cc3)[C@H]2c2ccc(Br)cc2)cc1. The molecule has 1 fully saturated rings. The lowest BCUT2D eigenvalue weighted by atomic mass is 9.80. The summed E-state index contributed by atoms with van der Waals surface area (Å²) < 4.78 is 28.6. The highest BCUT2D eigenvalue weighted by Crippen LogP contribution is 2.49. The third-order valence-electron chi connectivity index (χ3n) is 5.28. The zero-order chi connectivity index (χ0) is 20.8. The molecule has 0 unspecified atom stereocenters. The third kappa shape index (κ3) is 3.51. The quantitative estimate of drug-likeness (QED) is 0.498. The second-order valence-electron chi connectivity index (χ2n) is 7.34. The summed E-state index contributed by atoms with van der Waals surface area (Å²) in [6.45, 7) is 3.87. The van der Waals surface area contributed by atoms with Crippen LogP contribution in [0.5, 0.6) is 0 Å². The van der Waals surface area contributed by atoms with Gasteiger partial charge in [-0.3, -0.25) is 4.79 Å². The van der Waals surface area contributed by atoms with Crippen molar-refractivity contribution in [2.75, 3.05) is 0 Å². The Labute approximate surface area is 179 Å². The van der Waals surface area contributed by atoms with Gasteiger partial charge in [-0.05, 0) is 49.2 Å². The fourth-order valence-electron chi connectivity index (χ4n) is 3.64. The van der Waals surface area contributed by atoms with E-state index in [2.05, 4.69) is 15.9 Å². The average molecular weight is 470 g/mol. The average Bonchev–Trinajstić information content (AvgIpc) is 2.69. The Kier molecular flexibility index (Phi) is 5.09. The van der Waals surface area contributed by atoms with E-state index in [-0.39, 0.29) is 4.90 Å². The fourth-order valence-corrected chi connectivity index (χ4v) is 5.51. The number of hydrogen-bond donors (Lipinski definition) is 0. The zero-order valence-corrected chi connectivity index (χ0v) is 18.4. The van der Waals surface area contributed by atoms with Crippen LogP contribution in [-0.2, 0) is 14.8 Å². The van der Waals surface area contributed by atoms with Crippen molar-refractivity contribution in [3.8, 4) is 0 Å². The molecule has 1 aliphatic heterocycles. The number of carbonyl (C=O) groups is 1. The highest BCUT2D eigenvalue weighted by atomic mass is 79.9. The van der Waals surface area contributed by atoms with E-state index in [0.717, 1.165) is 31.0 Å². The monoisotopic (exact) mass is 469 g/mol. The van der Waals surface area contributed by atoms with Gasteiger partial charge < -0.3 is 0 Å². The summed E-state index contributed by atoms with van der Waals surface area (Å²) in [6.07, 6.45) is 0. The molecule has 1 aliphatic rings. The minimum absolute atomic E-state index is 0.126. The van der Waals surface area contributed by atoms with Crippen LogP contribution in [0.3, 0.4) is 0 Å². The van der Waals surface area contributed by atoms with Crippen molar-refractivity contribution in [2.24, 2.45) is 0 Å². The first kappa shape index (κ1) is 19.9. The van der Waals surface area contributed by atoms with Gasteiger partial charge in [-0.2, -0.15) is 0 Å². The minimum atomic E-state index is -3.95. The molecular weight excluding hydrogens is 450 g/mol. The van der Waals surface area contributed by atoms with Crippen molar-refractivity contribution < 1.29 is 13.2 Å². The molecule has 0 spiro atoms. The Morgan fingerprint density at radius 3 is 1.79 bits per heavy atom. The van der Waals surface area contributed by atoms with Gasteiger partial charge in [-0.15, -0.1) is 0 Å². The zero-order valence-electron chi connectivity index (χ0n) is 16.0. The molecule has 0 aromatic heterocycles. The minimum Gasteiger partial charge on any atom is -0.273 e. The lowest BCUT2D eigenvalue weighted by Crippen LogP contribution is -2.55. The Balaban J connectivity index is 1.80. The summed E-state index contributed by atoms with van der Waals surface area (Å²) in [5.41, 5.74) is 3.66. The first-order chi connectivity index (χ1) is 13.8. The molecule has 4 rings (SSSR count). The molecule has 29 heavy (non-hydrogen) atoms. The van der Waals surface area contributed by atoms with Crippen molar-refractivity contribution >= 4 is 31.9 Å². The van der Waals surface area contributed by atoms with Crippen LogP contribution in [0.25, 0.3) is 0 Å². The maximum atomic E-state index is 13.3. The maximum absolute atomic E-state index is 13.3. The molecular formula is C23H20BrNO3S. The highest BCUT2D eigenvalue weighted by molar-refractivity contribution is 9.10. The number of aryl methyl sites for hydroxylation is 2. The first-order valence-electron chi connectivity index (χ1n) is 9.26. The van der Waals surface area contributed by atoms with Gasteiger partial charge in [0, 0.05) is 4.47 Å². The lowest BCUT2D eigenvalue weighted by Gasteiger charge is -2.46. The predicted molar refractivity (Wildman–Crippen MR) is 116 cm³/mol. The molecule has 1 heterocycles. The van der Waals surface area contributed by atoms with Crippen molar-refractivity contribution in [2.45, 2.75) is 30.7 Å². The molecule has 2 atom stereocenters.